The number of ether oxygens (including phenoxy) is 1. The molecule has 0 unspecified atom stereocenters. The predicted octanol–water partition coefficient (Wildman–Crippen LogP) is 5.77. The van der Waals surface area contributed by atoms with Gasteiger partial charge in [0.15, 0.2) is 5.76 Å². The fourth-order valence-corrected chi connectivity index (χ4v) is 5.43. The van der Waals surface area contributed by atoms with E-state index < -0.39 is 0 Å². The Hall–Kier alpha value is -2.83. The quantitative estimate of drug-likeness (QED) is 0.411. The van der Waals surface area contributed by atoms with Gasteiger partial charge in [0.05, 0.1) is 6.04 Å². The Morgan fingerprint density at radius 1 is 1.03 bits per heavy atom. The number of carbonyl (C=O) groups is 1. The molecule has 0 aliphatic carbocycles. The van der Waals surface area contributed by atoms with Crippen LogP contribution in [0.25, 0.3) is 0 Å². The van der Waals surface area contributed by atoms with Crippen molar-refractivity contribution in [2.75, 3.05) is 6.54 Å². The van der Waals surface area contributed by atoms with Gasteiger partial charge in [0.2, 0.25) is 0 Å². The minimum Gasteiger partial charge on any atom is -0.486 e. The topological polar surface area (TPSA) is 42.7 Å². The molecule has 6 heteroatoms. The first-order valence-electron chi connectivity index (χ1n) is 9.47. The summed E-state index contributed by atoms with van der Waals surface area (Å²) in [6, 6.07) is 19.4. The number of furan rings is 1. The molecule has 5 rings (SSSR count). The Bertz CT molecular complexity index is 1100. The van der Waals surface area contributed by atoms with Gasteiger partial charge in [-0.05, 0) is 59.1 Å². The first-order valence-corrected chi connectivity index (χ1v) is 11.2. The maximum absolute atomic E-state index is 13.3. The van der Waals surface area contributed by atoms with E-state index >= 15 is 0 Å². The molecule has 1 amide bonds. The lowest BCUT2D eigenvalue weighted by Gasteiger charge is -2.34. The van der Waals surface area contributed by atoms with Gasteiger partial charge in [-0.15, -0.1) is 22.7 Å². The van der Waals surface area contributed by atoms with E-state index in [1.807, 2.05) is 47.4 Å². The van der Waals surface area contributed by atoms with Crippen LogP contribution < -0.4 is 4.74 Å². The van der Waals surface area contributed by atoms with Crippen molar-refractivity contribution in [2.24, 2.45) is 0 Å². The summed E-state index contributed by atoms with van der Waals surface area (Å²) >= 11 is 3.46. The number of benzene rings is 1. The Labute approximate surface area is 177 Å². The number of fused-ring (bicyclic) bond motifs is 1. The van der Waals surface area contributed by atoms with Crippen molar-refractivity contribution in [1.29, 1.82) is 0 Å². The molecule has 146 valence electrons. The molecule has 0 fully saturated rings. The van der Waals surface area contributed by atoms with Crippen LogP contribution in [0.5, 0.6) is 5.75 Å². The predicted molar refractivity (Wildman–Crippen MR) is 115 cm³/mol. The van der Waals surface area contributed by atoms with Crippen LogP contribution >= 0.6 is 22.7 Å². The molecule has 3 aromatic heterocycles. The average Bonchev–Trinajstić information content (AvgIpc) is 3.53. The van der Waals surface area contributed by atoms with Gasteiger partial charge in [-0.3, -0.25) is 4.79 Å². The van der Waals surface area contributed by atoms with Crippen molar-refractivity contribution >= 4 is 28.6 Å². The third-order valence-electron chi connectivity index (χ3n) is 5.04. The van der Waals surface area contributed by atoms with Crippen LogP contribution in [-0.2, 0) is 13.0 Å². The zero-order chi connectivity index (χ0) is 19.6. The zero-order valence-electron chi connectivity index (χ0n) is 15.6. The second-order valence-corrected chi connectivity index (χ2v) is 8.81. The fourth-order valence-electron chi connectivity index (χ4n) is 3.67. The number of amides is 1. The van der Waals surface area contributed by atoms with Crippen LogP contribution in [0, 0.1) is 0 Å². The number of carbonyl (C=O) groups excluding carboxylic acids is 1. The molecule has 4 heterocycles. The molecule has 0 spiro atoms. The Balaban J connectivity index is 1.37. The van der Waals surface area contributed by atoms with E-state index in [-0.39, 0.29) is 11.9 Å². The summed E-state index contributed by atoms with van der Waals surface area (Å²) in [5, 5.41) is 4.18. The number of thiophene rings is 2. The molecule has 1 aliphatic heterocycles. The normalized spacial score (nSPS) is 15.9. The van der Waals surface area contributed by atoms with Crippen molar-refractivity contribution in [3.8, 4) is 5.75 Å². The number of rotatable bonds is 5. The minimum atomic E-state index is -0.0776. The van der Waals surface area contributed by atoms with Gasteiger partial charge in [0.1, 0.15) is 18.1 Å². The Morgan fingerprint density at radius 2 is 1.93 bits per heavy atom. The average molecular weight is 422 g/mol. The standard InChI is InChI=1S/C23H19NO3S2/c25-23(19-9-8-17(27-19)15-26-16-5-2-1-3-6-16)24-12-10-20-18(11-14-29-20)22(24)21-7-4-13-28-21/h1-9,11,13-14,22H,10,12,15H2/t22-/m0/s1. The zero-order valence-corrected chi connectivity index (χ0v) is 17.2. The summed E-state index contributed by atoms with van der Waals surface area (Å²) in [5.74, 6) is 1.69. The molecule has 4 nitrogen and oxygen atoms in total. The van der Waals surface area contributed by atoms with Gasteiger partial charge in [0.25, 0.3) is 5.91 Å². The van der Waals surface area contributed by atoms with Crippen LogP contribution in [0.15, 0.2) is 75.8 Å². The second-order valence-electron chi connectivity index (χ2n) is 6.83. The van der Waals surface area contributed by atoms with Crippen LogP contribution in [0.1, 0.15) is 37.7 Å². The molecule has 0 bridgehead atoms. The third kappa shape index (κ3) is 3.61. The van der Waals surface area contributed by atoms with Crippen molar-refractivity contribution < 1.29 is 13.9 Å². The van der Waals surface area contributed by atoms with Crippen molar-refractivity contribution in [3.63, 3.8) is 0 Å². The molecule has 0 saturated carbocycles. The smallest absolute Gasteiger partial charge is 0.290 e. The number of hydrogen-bond donors (Lipinski definition) is 0. The van der Waals surface area contributed by atoms with E-state index in [0.29, 0.717) is 24.7 Å². The summed E-state index contributed by atoms with van der Waals surface area (Å²) in [5.41, 5.74) is 1.23. The molecular weight excluding hydrogens is 402 g/mol. The first kappa shape index (κ1) is 18.2. The van der Waals surface area contributed by atoms with E-state index in [1.165, 1.54) is 15.3 Å². The summed E-state index contributed by atoms with van der Waals surface area (Å²) in [6.07, 6.45) is 0.880. The molecule has 0 saturated heterocycles. The number of para-hydroxylation sites is 1. The summed E-state index contributed by atoms with van der Waals surface area (Å²) < 4.78 is 11.6. The van der Waals surface area contributed by atoms with Gasteiger partial charge >= 0.3 is 0 Å². The minimum absolute atomic E-state index is 0.0494. The van der Waals surface area contributed by atoms with Gasteiger partial charge in [-0.1, -0.05) is 24.3 Å². The maximum atomic E-state index is 13.3. The highest BCUT2D eigenvalue weighted by Crippen LogP contribution is 2.40. The molecule has 1 atom stereocenters. The van der Waals surface area contributed by atoms with Crippen molar-refractivity contribution in [3.05, 3.63) is 98.3 Å². The lowest BCUT2D eigenvalue weighted by Crippen LogP contribution is -2.39. The maximum Gasteiger partial charge on any atom is 0.290 e. The van der Waals surface area contributed by atoms with Crippen molar-refractivity contribution in [1.82, 2.24) is 4.90 Å². The molecule has 29 heavy (non-hydrogen) atoms. The van der Waals surface area contributed by atoms with Gasteiger partial charge in [0, 0.05) is 16.3 Å². The molecule has 4 aromatic rings. The van der Waals surface area contributed by atoms with Crippen LogP contribution in [0.3, 0.4) is 0 Å². The van der Waals surface area contributed by atoms with Gasteiger partial charge < -0.3 is 14.1 Å². The highest BCUT2D eigenvalue weighted by molar-refractivity contribution is 7.10. The van der Waals surface area contributed by atoms with E-state index in [2.05, 4.69) is 22.9 Å². The van der Waals surface area contributed by atoms with E-state index in [9.17, 15) is 4.79 Å². The summed E-state index contributed by atoms with van der Waals surface area (Å²) in [6.45, 7) is 0.978. The number of nitrogens with zero attached hydrogens (tertiary/aromatic N) is 1. The van der Waals surface area contributed by atoms with E-state index in [1.54, 1.807) is 28.7 Å². The highest BCUT2D eigenvalue weighted by Gasteiger charge is 2.35. The lowest BCUT2D eigenvalue weighted by atomic mass is 9.98. The number of hydrogen-bond acceptors (Lipinski definition) is 5. The molecule has 0 radical (unpaired) electrons. The van der Waals surface area contributed by atoms with Crippen LogP contribution in [0.2, 0.25) is 0 Å². The monoisotopic (exact) mass is 421 g/mol. The van der Waals surface area contributed by atoms with Crippen molar-refractivity contribution in [2.45, 2.75) is 19.1 Å². The molecule has 0 N–H and O–H groups in total. The molecule has 1 aliphatic rings. The Kier molecular flexibility index (Phi) is 4.96. The van der Waals surface area contributed by atoms with E-state index in [4.69, 9.17) is 9.15 Å². The lowest BCUT2D eigenvalue weighted by molar-refractivity contribution is 0.0662. The second kappa shape index (κ2) is 7.89. The highest BCUT2D eigenvalue weighted by atomic mass is 32.1. The van der Waals surface area contributed by atoms with Crippen LogP contribution in [-0.4, -0.2) is 17.4 Å². The molecular formula is C23H19NO3S2. The van der Waals surface area contributed by atoms with Gasteiger partial charge in [-0.2, -0.15) is 0 Å². The fraction of sp³-hybridized carbons (Fsp3) is 0.174. The summed E-state index contributed by atoms with van der Waals surface area (Å²) in [4.78, 5) is 17.8. The SMILES string of the molecule is O=C(c1ccc(COc2ccccc2)o1)N1CCc2sccc2[C@H]1c1cccs1. The third-order valence-corrected chi connectivity index (χ3v) is 6.96. The molecule has 1 aromatic carbocycles. The van der Waals surface area contributed by atoms with E-state index in [0.717, 1.165) is 12.2 Å². The largest absolute Gasteiger partial charge is 0.486 e. The first-order chi connectivity index (χ1) is 14.3. The van der Waals surface area contributed by atoms with Crippen LogP contribution in [0.4, 0.5) is 0 Å². The Morgan fingerprint density at radius 3 is 2.76 bits per heavy atom. The van der Waals surface area contributed by atoms with Gasteiger partial charge in [-0.25, -0.2) is 0 Å². The summed E-state index contributed by atoms with van der Waals surface area (Å²) in [7, 11) is 0.